The second-order valence-electron chi connectivity index (χ2n) is 16.1. The number of amides is 8. The molecule has 8 amide bonds. The number of aliphatic carboxylic acids is 3. The van der Waals surface area contributed by atoms with Gasteiger partial charge in [-0.3, -0.25) is 52.9 Å². The summed E-state index contributed by atoms with van der Waals surface area (Å²) in [5.41, 5.74) is 27.3. The average molecular weight is 960 g/mol. The van der Waals surface area contributed by atoms with E-state index in [0.29, 0.717) is 12.8 Å². The topological polar surface area (TPSA) is 495 Å². The number of hydrogen-bond donors (Lipinski definition) is 16. The molecule has 0 aliphatic heterocycles. The molecule has 0 aromatic heterocycles. The lowest BCUT2D eigenvalue weighted by molar-refractivity contribution is -0.147. The van der Waals surface area contributed by atoms with Crippen molar-refractivity contribution >= 4 is 71.1 Å². The summed E-state index contributed by atoms with van der Waals surface area (Å²) in [6.45, 7) is 5.99. The van der Waals surface area contributed by atoms with Crippen LogP contribution in [0, 0.1) is 11.8 Å². The van der Waals surface area contributed by atoms with Crippen molar-refractivity contribution in [3.63, 3.8) is 0 Å². The van der Waals surface area contributed by atoms with E-state index >= 15 is 0 Å². The number of aliphatic hydroxyl groups is 1. The molecule has 0 aliphatic carbocycles. The van der Waals surface area contributed by atoms with Gasteiger partial charge in [0, 0.05) is 6.54 Å². The number of unbranched alkanes of at least 4 members (excludes halogenated alkanes) is 1. The molecule has 0 aromatic carbocycles. The minimum atomic E-state index is -1.98. The Morgan fingerprint density at radius 2 is 0.985 bits per heavy atom. The van der Waals surface area contributed by atoms with Crippen LogP contribution in [-0.2, 0) is 52.7 Å². The van der Waals surface area contributed by atoms with E-state index in [1.54, 1.807) is 27.7 Å². The van der Waals surface area contributed by atoms with Gasteiger partial charge in [-0.1, -0.05) is 34.1 Å². The molecule has 0 unspecified atom stereocenters. The van der Waals surface area contributed by atoms with Gasteiger partial charge in [0.25, 0.3) is 0 Å². The highest BCUT2D eigenvalue weighted by Gasteiger charge is 2.37. The van der Waals surface area contributed by atoms with Crippen LogP contribution in [0.4, 0.5) is 0 Å². The van der Waals surface area contributed by atoms with Gasteiger partial charge in [-0.15, -0.1) is 0 Å². The fourth-order valence-electron chi connectivity index (χ4n) is 6.07. The van der Waals surface area contributed by atoms with Crippen molar-refractivity contribution < 1.29 is 73.2 Å². The maximum atomic E-state index is 13.9. The van der Waals surface area contributed by atoms with Gasteiger partial charge < -0.3 is 86.3 Å². The Kier molecular flexibility index (Phi) is 28.2. The summed E-state index contributed by atoms with van der Waals surface area (Å²) < 4.78 is 0. The molecule has 0 heterocycles. The first-order chi connectivity index (χ1) is 31.3. The fourth-order valence-corrected chi connectivity index (χ4v) is 6.07. The predicted octanol–water partition coefficient (Wildman–Crippen LogP) is -6.12. The van der Waals surface area contributed by atoms with E-state index in [2.05, 4.69) is 36.9 Å². The van der Waals surface area contributed by atoms with E-state index < -0.39 is 145 Å². The smallest absolute Gasteiger partial charge is 0.326 e. The number of guanidine groups is 1. The van der Waals surface area contributed by atoms with Crippen molar-refractivity contribution in [1.82, 2.24) is 37.2 Å². The summed E-state index contributed by atoms with van der Waals surface area (Å²) in [6.07, 6.45) is -2.16. The largest absolute Gasteiger partial charge is 0.481 e. The molecule has 21 N–H and O–H groups in total. The average Bonchev–Trinajstić information content (AvgIpc) is 3.23. The highest BCUT2D eigenvalue weighted by Crippen LogP contribution is 2.13. The second kappa shape index (κ2) is 31.3. The molecule has 0 saturated carbocycles. The Morgan fingerprint density at radius 1 is 0.552 bits per heavy atom. The summed E-state index contributed by atoms with van der Waals surface area (Å²) in [4.78, 5) is 145. The van der Waals surface area contributed by atoms with Crippen LogP contribution in [0.25, 0.3) is 0 Å². The van der Waals surface area contributed by atoms with Crippen LogP contribution in [0.1, 0.15) is 91.9 Å². The Balaban J connectivity index is 6.65. The van der Waals surface area contributed by atoms with Gasteiger partial charge in [-0.25, -0.2) is 4.79 Å². The minimum absolute atomic E-state index is 0.0238. The van der Waals surface area contributed by atoms with Crippen LogP contribution in [0.15, 0.2) is 4.99 Å². The number of primary amides is 1. The van der Waals surface area contributed by atoms with Crippen molar-refractivity contribution in [2.45, 2.75) is 140 Å². The Bertz CT molecular complexity index is 1760. The van der Waals surface area contributed by atoms with E-state index in [1.807, 2.05) is 5.32 Å². The number of hydrogen-bond acceptors (Lipinski definition) is 15. The Labute approximate surface area is 386 Å². The number of nitrogens with one attached hydrogen (secondary N) is 7. The molecule has 380 valence electrons. The second-order valence-corrected chi connectivity index (χ2v) is 16.1. The quantitative estimate of drug-likeness (QED) is 0.0162. The third-order valence-corrected chi connectivity index (χ3v) is 9.87. The van der Waals surface area contributed by atoms with E-state index in [1.165, 1.54) is 0 Å². The standard InChI is InChI=1S/C39H69N13O15/c1-5-19(4)30(52-33(61)21(9-6-7-11-40)47-32(60)22(10-8-12-45-39(43)44)46-31(59)20(41)17-53)37(65)50-25(15-28(55)56)36(64)49-24(14-27(42)54)35(63)48-23(13-18(2)3)34(62)51-26(38(66)67)16-29(57)58/h18-26,30,53H,5-17,40-41H2,1-4H3,(H2,42,54)(H,46,59)(H,47,60)(H,48,63)(H,49,64)(H,50,65)(H,51,62)(H,52,61)(H,55,56)(H,57,58)(H,66,67)(H4,43,44,45)/t19-,20-,21-,22-,23-,24-,25-,26-,30-/m0/s1. The molecule has 0 radical (unpaired) electrons. The number of carbonyl (C=O) groups is 11. The number of nitrogens with zero attached hydrogens (tertiary/aromatic N) is 1. The highest BCUT2D eigenvalue weighted by molar-refractivity contribution is 5.99. The van der Waals surface area contributed by atoms with Crippen LogP contribution >= 0.6 is 0 Å². The van der Waals surface area contributed by atoms with Gasteiger partial charge in [0.15, 0.2) is 5.96 Å². The molecule has 67 heavy (non-hydrogen) atoms. The normalized spacial score (nSPS) is 15.0. The molecular weight excluding hydrogens is 891 g/mol. The number of carbonyl (C=O) groups excluding carboxylic acids is 8. The number of nitrogens with two attached hydrogens (primary N) is 5. The maximum absolute atomic E-state index is 13.9. The summed E-state index contributed by atoms with van der Waals surface area (Å²) in [5, 5.41) is 53.7. The molecule has 9 atom stereocenters. The van der Waals surface area contributed by atoms with E-state index in [0.717, 1.165) is 0 Å². The number of aliphatic hydroxyl groups excluding tert-OH is 1. The first-order valence-electron chi connectivity index (χ1n) is 21.5. The van der Waals surface area contributed by atoms with Gasteiger partial charge >= 0.3 is 17.9 Å². The molecule has 0 aromatic rings. The van der Waals surface area contributed by atoms with Crippen LogP contribution < -0.4 is 65.9 Å². The molecule has 0 spiro atoms. The molecule has 0 aliphatic rings. The lowest BCUT2D eigenvalue weighted by Crippen LogP contribution is -2.61. The first-order valence-corrected chi connectivity index (χ1v) is 21.5. The lowest BCUT2D eigenvalue weighted by atomic mass is 9.96. The lowest BCUT2D eigenvalue weighted by Gasteiger charge is -2.29. The number of carboxylic acid groups (broad SMARTS) is 3. The zero-order chi connectivity index (χ0) is 51.6. The zero-order valence-electron chi connectivity index (χ0n) is 38.1. The van der Waals surface area contributed by atoms with Gasteiger partial charge in [0.05, 0.1) is 25.9 Å². The Hall–Kier alpha value is -6.68. The summed E-state index contributed by atoms with van der Waals surface area (Å²) in [7, 11) is 0. The highest BCUT2D eigenvalue weighted by atomic mass is 16.4. The Morgan fingerprint density at radius 3 is 1.46 bits per heavy atom. The number of rotatable bonds is 34. The summed E-state index contributed by atoms with van der Waals surface area (Å²) >= 11 is 0. The van der Waals surface area contributed by atoms with E-state index in [4.69, 9.17) is 33.8 Å². The minimum Gasteiger partial charge on any atom is -0.481 e. The zero-order valence-corrected chi connectivity index (χ0v) is 38.1. The third-order valence-electron chi connectivity index (χ3n) is 9.87. The van der Waals surface area contributed by atoms with Crippen molar-refractivity contribution in [3.8, 4) is 0 Å². The van der Waals surface area contributed by atoms with Gasteiger partial charge in [0.2, 0.25) is 47.3 Å². The van der Waals surface area contributed by atoms with Crippen LogP contribution in [0.5, 0.6) is 0 Å². The number of carboxylic acids is 3. The van der Waals surface area contributed by atoms with E-state index in [-0.39, 0.29) is 57.1 Å². The van der Waals surface area contributed by atoms with Crippen LogP contribution in [-0.4, -0.2) is 160 Å². The molecule has 0 bridgehead atoms. The predicted molar refractivity (Wildman–Crippen MR) is 236 cm³/mol. The van der Waals surface area contributed by atoms with Crippen LogP contribution in [0.2, 0.25) is 0 Å². The molecule has 0 fully saturated rings. The summed E-state index contributed by atoms with van der Waals surface area (Å²) in [5.74, 6) is -14.7. The molecule has 28 nitrogen and oxygen atoms in total. The van der Waals surface area contributed by atoms with E-state index in [9.17, 15) is 68.1 Å². The summed E-state index contributed by atoms with van der Waals surface area (Å²) in [6, 6.07) is -12.9. The van der Waals surface area contributed by atoms with Gasteiger partial charge in [0.1, 0.15) is 48.3 Å². The first kappa shape index (κ1) is 60.3. The number of aliphatic imine (C=N–C) groups is 1. The maximum Gasteiger partial charge on any atom is 0.326 e. The SMILES string of the molecule is CC[C@H](C)[C@H](NC(=O)[C@H](CCCCN)NC(=O)[C@H](CCCN=C(N)N)NC(=O)[C@@H](N)CO)C(=O)N[C@@H](CC(=O)O)C(=O)N[C@@H](CC(N)=O)C(=O)N[C@@H](CC(C)C)C(=O)N[C@@H](CC(=O)O)C(=O)O. The van der Waals surface area contributed by atoms with Gasteiger partial charge in [-0.2, -0.15) is 0 Å². The molecule has 0 rings (SSSR count). The molecular formula is C39H69N13O15. The van der Waals surface area contributed by atoms with Gasteiger partial charge in [-0.05, 0) is 56.9 Å². The monoisotopic (exact) mass is 960 g/mol. The fraction of sp³-hybridized carbons (Fsp3) is 0.692. The van der Waals surface area contributed by atoms with Crippen molar-refractivity contribution in [2.24, 2.45) is 45.5 Å². The molecule has 0 saturated heterocycles. The third kappa shape index (κ3) is 24.4. The van der Waals surface area contributed by atoms with Crippen molar-refractivity contribution in [3.05, 3.63) is 0 Å². The van der Waals surface area contributed by atoms with Crippen LogP contribution in [0.3, 0.4) is 0 Å². The van der Waals surface area contributed by atoms with Crippen molar-refractivity contribution in [1.29, 1.82) is 0 Å². The molecule has 28 heteroatoms. The van der Waals surface area contributed by atoms with Crippen molar-refractivity contribution in [2.75, 3.05) is 19.7 Å².